The van der Waals surface area contributed by atoms with E-state index >= 15 is 0 Å². The maximum absolute atomic E-state index is 10.9. The summed E-state index contributed by atoms with van der Waals surface area (Å²) in [5.41, 5.74) is 2.12. The summed E-state index contributed by atoms with van der Waals surface area (Å²) in [6.45, 7) is 6.01. The molecule has 0 aliphatic carbocycles. The van der Waals surface area contributed by atoms with Gasteiger partial charge < -0.3 is 4.98 Å². The Balaban J connectivity index is 0.000000531. The van der Waals surface area contributed by atoms with Gasteiger partial charge in [0.2, 0.25) is 0 Å². The minimum Gasteiger partial charge on any atom is -0.312 e. The van der Waals surface area contributed by atoms with E-state index in [2.05, 4.69) is 4.98 Å². The average molecular weight is 197 g/mol. The molecule has 0 saturated heterocycles. The van der Waals surface area contributed by atoms with E-state index in [4.69, 9.17) is 0 Å². The van der Waals surface area contributed by atoms with Crippen molar-refractivity contribution in [2.75, 3.05) is 0 Å². The van der Waals surface area contributed by atoms with Crippen molar-refractivity contribution in [3.63, 3.8) is 0 Å². The Kier molecular flexibility index (Phi) is 3.25. The van der Waals surface area contributed by atoms with Crippen LogP contribution in [0.2, 0.25) is 0 Å². The number of aromatic amines is 1. The van der Waals surface area contributed by atoms with Gasteiger partial charge in [0.1, 0.15) is 0 Å². The molecule has 3 heteroatoms. The van der Waals surface area contributed by atoms with Gasteiger partial charge in [-0.1, -0.05) is 31.3 Å². The maximum atomic E-state index is 10.9. The van der Waals surface area contributed by atoms with Crippen LogP contribution < -0.4 is 4.87 Å². The third kappa shape index (κ3) is 2.18. The van der Waals surface area contributed by atoms with E-state index in [0.29, 0.717) is 0 Å². The lowest BCUT2D eigenvalue weighted by Gasteiger charge is -1.89. The number of H-pyrrole nitrogens is 1. The van der Waals surface area contributed by atoms with Gasteiger partial charge in [-0.15, -0.1) is 0 Å². The van der Waals surface area contributed by atoms with Crippen LogP contribution in [0.4, 0.5) is 0 Å². The molecule has 2 nitrogen and oxygen atoms in total. The summed E-state index contributed by atoms with van der Waals surface area (Å²) in [5.74, 6) is 0. The summed E-state index contributed by atoms with van der Waals surface area (Å²) >= 11 is 1.25. The molecule has 0 atom stereocenters. The van der Waals surface area contributed by atoms with E-state index < -0.39 is 0 Å². The van der Waals surface area contributed by atoms with Crippen LogP contribution in [-0.2, 0) is 0 Å². The molecule has 0 spiro atoms. The van der Waals surface area contributed by atoms with Gasteiger partial charge in [0.05, 0.1) is 10.2 Å². The molecule has 2 aromatic rings. The second kappa shape index (κ2) is 4.23. The Labute approximate surface area is 82.7 Å². The highest BCUT2D eigenvalue weighted by Gasteiger charge is 1.96. The summed E-state index contributed by atoms with van der Waals surface area (Å²) in [7, 11) is 0. The number of nitrogens with one attached hydrogen (secondary N) is 1. The van der Waals surface area contributed by atoms with Crippen molar-refractivity contribution < 1.29 is 1.43 Å². The summed E-state index contributed by atoms with van der Waals surface area (Å²) in [5, 5.41) is 0. The SMILES string of the molecule is CC.Cc1ccc2sc(=O)[nH]c2c1.[HH]. The lowest BCUT2D eigenvalue weighted by molar-refractivity contribution is 1.39. The van der Waals surface area contributed by atoms with Crippen LogP contribution >= 0.6 is 11.3 Å². The Hall–Kier alpha value is -1.09. The van der Waals surface area contributed by atoms with E-state index in [0.717, 1.165) is 10.2 Å². The molecule has 0 saturated carbocycles. The second-order valence-electron chi connectivity index (χ2n) is 2.51. The standard InChI is InChI=1S/C8H7NOS.C2H6.H2/c1-5-2-3-7-6(4-5)9-8(10)11-7;1-2;/h2-4H,1H3,(H,9,10);1-2H3;1H. The number of aromatic nitrogens is 1. The first kappa shape index (κ1) is 9.99. The fourth-order valence-corrected chi connectivity index (χ4v) is 1.78. The highest BCUT2D eigenvalue weighted by atomic mass is 32.1. The number of benzene rings is 1. The summed E-state index contributed by atoms with van der Waals surface area (Å²) < 4.78 is 1.03. The largest absolute Gasteiger partial charge is 0.312 e. The van der Waals surface area contributed by atoms with Crippen molar-refractivity contribution in [1.82, 2.24) is 4.98 Å². The van der Waals surface area contributed by atoms with Crippen molar-refractivity contribution in [3.8, 4) is 0 Å². The predicted molar refractivity (Wildman–Crippen MR) is 60.6 cm³/mol. The van der Waals surface area contributed by atoms with E-state index in [-0.39, 0.29) is 6.30 Å². The number of fused-ring (bicyclic) bond motifs is 1. The summed E-state index contributed by atoms with van der Waals surface area (Å²) in [6.07, 6.45) is 0. The molecule has 0 fully saturated rings. The minimum absolute atomic E-state index is 0. The van der Waals surface area contributed by atoms with Gasteiger partial charge in [0.25, 0.3) is 0 Å². The highest BCUT2D eigenvalue weighted by Crippen LogP contribution is 2.14. The van der Waals surface area contributed by atoms with Gasteiger partial charge in [-0.05, 0) is 24.6 Å². The molecule has 0 unspecified atom stereocenters. The van der Waals surface area contributed by atoms with Crippen molar-refractivity contribution in [2.45, 2.75) is 20.8 Å². The van der Waals surface area contributed by atoms with Gasteiger partial charge in [0, 0.05) is 1.43 Å². The first-order valence-electron chi connectivity index (χ1n) is 4.35. The van der Waals surface area contributed by atoms with Crippen molar-refractivity contribution in [3.05, 3.63) is 33.4 Å². The normalized spacial score (nSPS) is 9.46. The fourth-order valence-electron chi connectivity index (χ4n) is 1.07. The third-order valence-electron chi connectivity index (χ3n) is 1.57. The molecule has 13 heavy (non-hydrogen) atoms. The molecule has 0 amide bonds. The van der Waals surface area contributed by atoms with E-state index in [1.807, 2.05) is 39.0 Å². The maximum Gasteiger partial charge on any atom is 0.305 e. The van der Waals surface area contributed by atoms with Crippen molar-refractivity contribution in [1.29, 1.82) is 0 Å². The zero-order valence-corrected chi connectivity index (χ0v) is 8.87. The molecular weight excluding hydrogens is 182 g/mol. The number of rotatable bonds is 0. The van der Waals surface area contributed by atoms with Gasteiger partial charge in [-0.25, -0.2) is 0 Å². The molecule has 1 N–H and O–H groups in total. The lowest BCUT2D eigenvalue weighted by atomic mass is 10.2. The zero-order valence-electron chi connectivity index (χ0n) is 8.05. The van der Waals surface area contributed by atoms with Gasteiger partial charge >= 0.3 is 4.87 Å². The molecule has 72 valence electrons. The molecule has 0 radical (unpaired) electrons. The monoisotopic (exact) mass is 197 g/mol. The van der Waals surface area contributed by atoms with E-state index in [1.54, 1.807) is 0 Å². The van der Waals surface area contributed by atoms with Crippen LogP contribution in [0.1, 0.15) is 20.8 Å². The molecule has 0 aliphatic heterocycles. The second-order valence-corrected chi connectivity index (χ2v) is 3.53. The van der Waals surface area contributed by atoms with Crippen LogP contribution in [0.5, 0.6) is 0 Å². The Morgan fingerprint density at radius 2 is 2.08 bits per heavy atom. The molecular formula is C10H15NOS. The van der Waals surface area contributed by atoms with Crippen LogP contribution in [-0.4, -0.2) is 4.98 Å². The van der Waals surface area contributed by atoms with Gasteiger partial charge in [-0.2, -0.15) is 0 Å². The molecule has 1 aromatic heterocycles. The van der Waals surface area contributed by atoms with Crippen molar-refractivity contribution >= 4 is 21.6 Å². The quantitative estimate of drug-likeness (QED) is 0.691. The lowest BCUT2D eigenvalue weighted by Crippen LogP contribution is -1.89. The van der Waals surface area contributed by atoms with Gasteiger partial charge in [-0.3, -0.25) is 4.79 Å². The fraction of sp³-hybridized carbons (Fsp3) is 0.300. The molecule has 1 heterocycles. The number of hydrogen-bond donors (Lipinski definition) is 1. The van der Waals surface area contributed by atoms with Crippen LogP contribution in [0, 0.1) is 6.92 Å². The molecule has 2 rings (SSSR count). The van der Waals surface area contributed by atoms with E-state index in [9.17, 15) is 4.79 Å². The molecule has 0 aliphatic rings. The first-order chi connectivity index (χ1) is 6.25. The Morgan fingerprint density at radius 3 is 2.77 bits per heavy atom. The Bertz CT molecular complexity index is 447. The summed E-state index contributed by atoms with van der Waals surface area (Å²) in [6, 6.07) is 5.95. The molecule has 1 aromatic carbocycles. The first-order valence-corrected chi connectivity index (χ1v) is 5.17. The molecule has 0 bridgehead atoms. The highest BCUT2D eigenvalue weighted by molar-refractivity contribution is 7.16. The third-order valence-corrected chi connectivity index (χ3v) is 2.44. The van der Waals surface area contributed by atoms with E-state index in [1.165, 1.54) is 16.9 Å². The minimum atomic E-state index is 0. The summed E-state index contributed by atoms with van der Waals surface area (Å²) in [4.78, 5) is 13.6. The average Bonchev–Trinajstić information content (AvgIpc) is 2.48. The van der Waals surface area contributed by atoms with Crippen LogP contribution in [0.3, 0.4) is 0 Å². The Morgan fingerprint density at radius 1 is 1.38 bits per heavy atom. The number of thiazole rings is 1. The smallest absolute Gasteiger partial charge is 0.305 e. The number of hydrogen-bond acceptors (Lipinski definition) is 2. The topological polar surface area (TPSA) is 32.9 Å². The predicted octanol–water partition coefficient (Wildman–Crippen LogP) is 3.17. The number of aryl methyl sites for hydroxylation is 1. The van der Waals surface area contributed by atoms with Crippen molar-refractivity contribution in [2.24, 2.45) is 0 Å². The van der Waals surface area contributed by atoms with Gasteiger partial charge in [0.15, 0.2) is 0 Å². The van der Waals surface area contributed by atoms with Crippen LogP contribution in [0.25, 0.3) is 10.2 Å². The zero-order chi connectivity index (χ0) is 9.84. The van der Waals surface area contributed by atoms with Crippen LogP contribution in [0.15, 0.2) is 23.0 Å².